The standard InChI is InChI=1S/C28H24N4O2/c1-15-3-7-17(8-4-15)31-21-13-11-19(29)23-25(21)27(33)24-20(30)12-14-22(26(24)28(23)34)32-18-9-5-16(2)6-10-18/h3-14,31-32H,29-30H2,1-2H3. The number of carbonyl (C=O) groups is 2. The summed E-state index contributed by atoms with van der Waals surface area (Å²) in [6.07, 6.45) is 0. The van der Waals surface area contributed by atoms with E-state index in [1.54, 1.807) is 24.3 Å². The van der Waals surface area contributed by atoms with Gasteiger partial charge in [-0.1, -0.05) is 35.4 Å². The lowest BCUT2D eigenvalue weighted by atomic mass is 9.80. The lowest BCUT2D eigenvalue weighted by Gasteiger charge is -2.25. The first kappa shape index (κ1) is 21.3. The van der Waals surface area contributed by atoms with E-state index in [-0.39, 0.29) is 45.2 Å². The zero-order chi connectivity index (χ0) is 24.0. The molecule has 0 aliphatic heterocycles. The molecule has 0 bridgehead atoms. The average molecular weight is 449 g/mol. The van der Waals surface area contributed by atoms with Crippen LogP contribution < -0.4 is 22.1 Å². The van der Waals surface area contributed by atoms with Crippen molar-refractivity contribution in [2.75, 3.05) is 22.1 Å². The van der Waals surface area contributed by atoms with E-state index in [4.69, 9.17) is 11.5 Å². The van der Waals surface area contributed by atoms with Crippen molar-refractivity contribution in [3.05, 3.63) is 106 Å². The van der Waals surface area contributed by atoms with Crippen LogP contribution in [0, 0.1) is 13.8 Å². The number of anilines is 6. The quantitative estimate of drug-likeness (QED) is 0.261. The minimum absolute atomic E-state index is 0.187. The molecule has 34 heavy (non-hydrogen) atoms. The predicted octanol–water partition coefficient (Wildman–Crippen LogP) is 5.73. The van der Waals surface area contributed by atoms with Gasteiger partial charge in [0.15, 0.2) is 11.6 Å². The van der Waals surface area contributed by atoms with Crippen molar-refractivity contribution in [2.24, 2.45) is 0 Å². The highest BCUT2D eigenvalue weighted by atomic mass is 16.1. The number of aryl methyl sites for hydroxylation is 2. The number of ketones is 2. The Bertz CT molecular complexity index is 1340. The molecule has 0 unspecified atom stereocenters. The molecule has 0 saturated heterocycles. The van der Waals surface area contributed by atoms with E-state index >= 15 is 0 Å². The van der Waals surface area contributed by atoms with Gasteiger partial charge in [-0.3, -0.25) is 9.59 Å². The lowest BCUT2D eigenvalue weighted by molar-refractivity contribution is 0.0981. The van der Waals surface area contributed by atoms with Crippen LogP contribution >= 0.6 is 0 Å². The highest BCUT2D eigenvalue weighted by Gasteiger charge is 2.37. The summed E-state index contributed by atoms with van der Waals surface area (Å²) in [5.74, 6) is -0.673. The van der Waals surface area contributed by atoms with E-state index in [9.17, 15) is 9.59 Å². The molecular formula is C28H24N4O2. The van der Waals surface area contributed by atoms with Crippen LogP contribution in [0.5, 0.6) is 0 Å². The summed E-state index contributed by atoms with van der Waals surface area (Å²) < 4.78 is 0. The van der Waals surface area contributed by atoms with Crippen molar-refractivity contribution in [3.63, 3.8) is 0 Å². The molecule has 168 valence electrons. The Balaban J connectivity index is 1.64. The summed E-state index contributed by atoms with van der Waals surface area (Å²) in [5, 5.41) is 6.52. The van der Waals surface area contributed by atoms with Crippen molar-refractivity contribution in [3.8, 4) is 0 Å². The van der Waals surface area contributed by atoms with Crippen LogP contribution in [0.3, 0.4) is 0 Å². The maximum Gasteiger partial charge on any atom is 0.198 e. The smallest absolute Gasteiger partial charge is 0.198 e. The zero-order valence-electron chi connectivity index (χ0n) is 18.9. The molecule has 1 aliphatic carbocycles. The molecule has 0 aromatic heterocycles. The molecule has 4 aromatic rings. The minimum Gasteiger partial charge on any atom is -0.398 e. The number of fused-ring (bicyclic) bond motifs is 2. The van der Waals surface area contributed by atoms with Crippen LogP contribution in [0.2, 0.25) is 0 Å². The Hall–Kier alpha value is -4.58. The van der Waals surface area contributed by atoms with E-state index in [0.717, 1.165) is 22.5 Å². The molecule has 0 amide bonds. The molecular weight excluding hydrogens is 424 g/mol. The maximum absolute atomic E-state index is 13.8. The predicted molar refractivity (Wildman–Crippen MR) is 137 cm³/mol. The third-order valence-electron chi connectivity index (χ3n) is 6.04. The van der Waals surface area contributed by atoms with Gasteiger partial charge in [-0.15, -0.1) is 0 Å². The Labute approximate surface area is 197 Å². The minimum atomic E-state index is -0.337. The molecule has 1 aliphatic rings. The molecule has 6 heteroatoms. The Morgan fingerprint density at radius 2 is 0.853 bits per heavy atom. The molecule has 6 nitrogen and oxygen atoms in total. The first-order chi connectivity index (χ1) is 16.3. The summed E-state index contributed by atoms with van der Waals surface area (Å²) in [4.78, 5) is 27.6. The van der Waals surface area contributed by atoms with Gasteiger partial charge in [0.05, 0.1) is 33.6 Å². The van der Waals surface area contributed by atoms with Crippen molar-refractivity contribution in [1.82, 2.24) is 0 Å². The zero-order valence-corrected chi connectivity index (χ0v) is 18.9. The SMILES string of the molecule is Cc1ccc(Nc2ccc(N)c3c2C(=O)c2c(N)ccc(Nc4ccc(C)cc4)c2C3=O)cc1. The van der Waals surface area contributed by atoms with Crippen LogP contribution in [0.25, 0.3) is 0 Å². The number of carbonyl (C=O) groups excluding carboxylic acids is 2. The number of hydrogen-bond acceptors (Lipinski definition) is 6. The highest BCUT2D eigenvalue weighted by Crippen LogP contribution is 2.41. The van der Waals surface area contributed by atoms with E-state index in [0.29, 0.717) is 11.4 Å². The molecule has 0 radical (unpaired) electrons. The number of rotatable bonds is 4. The second-order valence-electron chi connectivity index (χ2n) is 8.54. The Kier molecular flexibility index (Phi) is 5.06. The van der Waals surface area contributed by atoms with Crippen LogP contribution in [-0.4, -0.2) is 11.6 Å². The fourth-order valence-electron chi connectivity index (χ4n) is 4.24. The molecule has 0 fully saturated rings. The third kappa shape index (κ3) is 3.55. The van der Waals surface area contributed by atoms with Crippen LogP contribution in [-0.2, 0) is 0 Å². The summed E-state index contributed by atoms with van der Waals surface area (Å²) in [6.45, 7) is 4.00. The third-order valence-corrected chi connectivity index (χ3v) is 6.04. The first-order valence-electron chi connectivity index (χ1n) is 10.9. The fraction of sp³-hybridized carbons (Fsp3) is 0.0714. The average Bonchev–Trinajstić information content (AvgIpc) is 2.82. The van der Waals surface area contributed by atoms with Crippen LogP contribution in [0.15, 0.2) is 72.8 Å². The van der Waals surface area contributed by atoms with Gasteiger partial charge in [-0.05, 0) is 62.4 Å². The number of nitrogens with two attached hydrogens (primary N) is 2. The Morgan fingerprint density at radius 1 is 0.500 bits per heavy atom. The number of nitrogens with one attached hydrogen (secondary N) is 2. The first-order valence-corrected chi connectivity index (χ1v) is 10.9. The second-order valence-corrected chi connectivity index (χ2v) is 8.54. The summed E-state index contributed by atoms with van der Waals surface area (Å²) >= 11 is 0. The number of hydrogen-bond donors (Lipinski definition) is 4. The van der Waals surface area contributed by atoms with E-state index < -0.39 is 0 Å². The van der Waals surface area contributed by atoms with Gasteiger partial charge < -0.3 is 22.1 Å². The normalized spacial score (nSPS) is 12.2. The number of nitrogen functional groups attached to an aromatic ring is 2. The monoisotopic (exact) mass is 448 g/mol. The molecule has 0 heterocycles. The summed E-state index contributed by atoms with van der Waals surface area (Å²) in [5.41, 5.74) is 18.7. The van der Waals surface area contributed by atoms with Crippen molar-refractivity contribution >= 4 is 45.7 Å². The van der Waals surface area contributed by atoms with Crippen molar-refractivity contribution < 1.29 is 9.59 Å². The van der Waals surface area contributed by atoms with Gasteiger partial charge in [-0.2, -0.15) is 0 Å². The van der Waals surface area contributed by atoms with E-state index in [1.807, 2.05) is 62.4 Å². The molecule has 0 atom stereocenters. The van der Waals surface area contributed by atoms with Crippen LogP contribution in [0.1, 0.15) is 43.0 Å². The van der Waals surface area contributed by atoms with E-state index in [2.05, 4.69) is 10.6 Å². The second kappa shape index (κ2) is 8.08. The van der Waals surface area contributed by atoms with Gasteiger partial charge in [0.25, 0.3) is 0 Å². The summed E-state index contributed by atoms with van der Waals surface area (Å²) in [6, 6.07) is 22.3. The topological polar surface area (TPSA) is 110 Å². The maximum atomic E-state index is 13.8. The lowest BCUT2D eigenvalue weighted by Crippen LogP contribution is -2.26. The summed E-state index contributed by atoms with van der Waals surface area (Å²) in [7, 11) is 0. The number of benzene rings is 4. The Morgan fingerprint density at radius 3 is 1.21 bits per heavy atom. The molecule has 0 saturated carbocycles. The van der Waals surface area contributed by atoms with Crippen molar-refractivity contribution in [2.45, 2.75) is 13.8 Å². The van der Waals surface area contributed by atoms with Crippen molar-refractivity contribution in [1.29, 1.82) is 0 Å². The van der Waals surface area contributed by atoms with Gasteiger partial charge >= 0.3 is 0 Å². The largest absolute Gasteiger partial charge is 0.398 e. The molecule has 6 N–H and O–H groups in total. The van der Waals surface area contributed by atoms with Gasteiger partial charge in [0, 0.05) is 22.7 Å². The van der Waals surface area contributed by atoms with Gasteiger partial charge in [0.1, 0.15) is 0 Å². The molecule has 4 aromatic carbocycles. The van der Waals surface area contributed by atoms with Gasteiger partial charge in [0.2, 0.25) is 0 Å². The van der Waals surface area contributed by atoms with Crippen LogP contribution in [0.4, 0.5) is 34.1 Å². The fourth-order valence-corrected chi connectivity index (χ4v) is 4.24. The molecule has 5 rings (SSSR count). The van der Waals surface area contributed by atoms with E-state index in [1.165, 1.54) is 0 Å². The highest BCUT2D eigenvalue weighted by molar-refractivity contribution is 6.35. The molecule has 0 spiro atoms. The van der Waals surface area contributed by atoms with Gasteiger partial charge in [-0.25, -0.2) is 0 Å².